The number of benzene rings is 1. The molecule has 3 N–H and O–H groups in total. The highest BCUT2D eigenvalue weighted by molar-refractivity contribution is 8.15. The highest BCUT2D eigenvalue weighted by Gasteiger charge is 2.30. The lowest BCUT2D eigenvalue weighted by molar-refractivity contribution is -0.138. The van der Waals surface area contributed by atoms with E-state index in [-0.39, 0.29) is 22.2 Å². The van der Waals surface area contributed by atoms with Gasteiger partial charge in [-0.1, -0.05) is 35.0 Å². The lowest BCUT2D eigenvalue weighted by Gasteiger charge is -2.19. The van der Waals surface area contributed by atoms with Gasteiger partial charge in [0.2, 0.25) is 5.91 Å². The van der Waals surface area contributed by atoms with Crippen molar-refractivity contribution in [2.75, 3.05) is 0 Å². The molecule has 116 valence electrons. The summed E-state index contributed by atoms with van der Waals surface area (Å²) in [4.78, 5) is 34.2. The molecule has 22 heavy (non-hydrogen) atoms. The van der Waals surface area contributed by atoms with E-state index in [0.29, 0.717) is 5.02 Å². The number of hydrogen-bond acceptors (Lipinski definition) is 5. The van der Waals surface area contributed by atoms with Gasteiger partial charge in [-0.15, -0.1) is 5.10 Å². The minimum absolute atomic E-state index is 0.00193. The Hall–Kier alpha value is -1.77. The fraction of sp³-hybridized carbons (Fsp3) is 0.167. The first kappa shape index (κ1) is 16.6. The molecule has 0 bridgehead atoms. The van der Waals surface area contributed by atoms with Crippen molar-refractivity contribution in [3.05, 3.63) is 33.8 Å². The fourth-order valence-electron chi connectivity index (χ4n) is 1.57. The maximum Gasteiger partial charge on any atom is 0.317 e. The van der Waals surface area contributed by atoms with E-state index in [0.717, 1.165) is 11.8 Å². The number of halogens is 2. The van der Waals surface area contributed by atoms with Crippen LogP contribution in [0.1, 0.15) is 16.8 Å². The minimum Gasteiger partial charge on any atom is -0.480 e. The van der Waals surface area contributed by atoms with Crippen LogP contribution < -0.4 is 10.7 Å². The largest absolute Gasteiger partial charge is 0.480 e. The molecule has 0 radical (unpaired) electrons. The van der Waals surface area contributed by atoms with Crippen molar-refractivity contribution in [1.29, 1.82) is 0 Å². The summed E-state index contributed by atoms with van der Waals surface area (Å²) in [6, 6.07) is 4.32. The van der Waals surface area contributed by atoms with Crippen LogP contribution in [0, 0.1) is 0 Å². The number of amides is 2. The Morgan fingerprint density at radius 2 is 2.14 bits per heavy atom. The van der Waals surface area contributed by atoms with Gasteiger partial charge in [0.25, 0.3) is 5.91 Å². The standard InChI is InChI=1S/C12H9Cl2N3O4S/c13-5-1-2-6(7(14)3-5)10(19)16-17-12-15-9(18)4-8(22-12)11(20)21/h1-3,8H,4H2,(H,16,19)(H,20,21)(H,15,17,18). The molecule has 2 rings (SSSR count). The third kappa shape index (κ3) is 4.12. The second-order valence-corrected chi connectivity index (χ2v) is 6.21. The number of hydrazone groups is 1. The molecule has 1 aromatic carbocycles. The predicted molar refractivity (Wildman–Crippen MR) is 83.1 cm³/mol. The zero-order valence-electron chi connectivity index (χ0n) is 10.8. The molecular weight excluding hydrogens is 353 g/mol. The highest BCUT2D eigenvalue weighted by Crippen LogP contribution is 2.22. The molecule has 1 fully saturated rings. The number of nitrogens with zero attached hydrogens (tertiary/aromatic N) is 1. The number of carboxylic acid groups (broad SMARTS) is 1. The van der Waals surface area contributed by atoms with Crippen molar-refractivity contribution in [2.45, 2.75) is 11.7 Å². The van der Waals surface area contributed by atoms with E-state index < -0.39 is 23.0 Å². The smallest absolute Gasteiger partial charge is 0.317 e. The van der Waals surface area contributed by atoms with E-state index in [1.54, 1.807) is 0 Å². The van der Waals surface area contributed by atoms with Gasteiger partial charge in [-0.25, -0.2) is 5.43 Å². The SMILES string of the molecule is O=C1CC(C(=O)O)S/C(=N/NC(=O)c2ccc(Cl)cc2Cl)N1. The van der Waals surface area contributed by atoms with Gasteiger partial charge in [0.05, 0.1) is 10.6 Å². The molecule has 1 aromatic rings. The third-order valence-corrected chi connectivity index (χ3v) is 4.20. The predicted octanol–water partition coefficient (Wildman–Crippen LogP) is 1.70. The van der Waals surface area contributed by atoms with Crippen molar-refractivity contribution in [2.24, 2.45) is 5.10 Å². The van der Waals surface area contributed by atoms with Crippen molar-refractivity contribution in [3.63, 3.8) is 0 Å². The molecule has 1 saturated heterocycles. The molecule has 1 aliphatic heterocycles. The Balaban J connectivity index is 2.08. The minimum atomic E-state index is -1.13. The molecule has 0 spiro atoms. The molecule has 0 aliphatic carbocycles. The average molecular weight is 362 g/mol. The van der Waals surface area contributed by atoms with Crippen molar-refractivity contribution >= 4 is 57.9 Å². The number of carbonyl (C=O) groups is 3. The fourth-order valence-corrected chi connectivity index (χ4v) is 2.94. The molecule has 0 saturated carbocycles. The van der Waals surface area contributed by atoms with E-state index in [2.05, 4.69) is 15.8 Å². The van der Waals surface area contributed by atoms with E-state index >= 15 is 0 Å². The van der Waals surface area contributed by atoms with Crippen LogP contribution in [0.3, 0.4) is 0 Å². The summed E-state index contributed by atoms with van der Waals surface area (Å²) in [6.45, 7) is 0. The summed E-state index contributed by atoms with van der Waals surface area (Å²) in [5.41, 5.74) is 2.35. The lowest BCUT2D eigenvalue weighted by atomic mass is 10.2. The number of thioether (sulfide) groups is 1. The first-order chi connectivity index (χ1) is 10.4. The summed E-state index contributed by atoms with van der Waals surface area (Å²) in [5.74, 6) is -2.22. The summed E-state index contributed by atoms with van der Waals surface area (Å²) in [7, 11) is 0. The Morgan fingerprint density at radius 3 is 2.77 bits per heavy atom. The van der Waals surface area contributed by atoms with Gasteiger partial charge in [0.15, 0.2) is 5.17 Å². The zero-order chi connectivity index (χ0) is 16.3. The van der Waals surface area contributed by atoms with Crippen LogP contribution in [0.2, 0.25) is 10.0 Å². The van der Waals surface area contributed by atoms with Gasteiger partial charge in [-0.05, 0) is 18.2 Å². The maximum atomic E-state index is 11.9. The Labute approximate surface area is 139 Å². The first-order valence-electron chi connectivity index (χ1n) is 5.89. The Kier molecular flexibility index (Phi) is 5.28. The molecule has 10 heteroatoms. The van der Waals surface area contributed by atoms with Crippen LogP contribution in [-0.4, -0.2) is 33.3 Å². The molecule has 7 nitrogen and oxygen atoms in total. The monoisotopic (exact) mass is 361 g/mol. The zero-order valence-corrected chi connectivity index (χ0v) is 13.1. The van der Waals surface area contributed by atoms with Crippen molar-refractivity contribution in [3.8, 4) is 0 Å². The molecular formula is C12H9Cl2N3O4S. The summed E-state index contributed by atoms with van der Waals surface area (Å²) < 4.78 is 0. The number of rotatable bonds is 3. The quantitative estimate of drug-likeness (QED) is 0.710. The number of aliphatic carboxylic acids is 1. The second kappa shape index (κ2) is 6.99. The van der Waals surface area contributed by atoms with Crippen LogP contribution in [0.5, 0.6) is 0 Å². The highest BCUT2D eigenvalue weighted by atomic mass is 35.5. The number of hydrogen-bond donors (Lipinski definition) is 3. The topological polar surface area (TPSA) is 108 Å². The molecule has 1 unspecified atom stereocenters. The maximum absolute atomic E-state index is 11.9. The average Bonchev–Trinajstić information content (AvgIpc) is 2.44. The molecule has 1 atom stereocenters. The first-order valence-corrected chi connectivity index (χ1v) is 7.53. The van der Waals surface area contributed by atoms with Crippen LogP contribution in [-0.2, 0) is 9.59 Å². The summed E-state index contributed by atoms with van der Waals surface area (Å²) >= 11 is 12.5. The number of nitrogens with one attached hydrogen (secondary N) is 2. The van der Waals surface area contributed by atoms with E-state index in [1.165, 1.54) is 18.2 Å². The second-order valence-electron chi connectivity index (χ2n) is 4.18. The number of carbonyl (C=O) groups excluding carboxylic acids is 2. The molecule has 2 amide bonds. The van der Waals surface area contributed by atoms with E-state index in [4.69, 9.17) is 28.3 Å². The molecule has 1 aliphatic rings. The van der Waals surface area contributed by atoms with Crippen molar-refractivity contribution in [1.82, 2.24) is 10.7 Å². The lowest BCUT2D eigenvalue weighted by Crippen LogP contribution is -2.41. The van der Waals surface area contributed by atoms with E-state index in [1.807, 2.05) is 0 Å². The van der Waals surface area contributed by atoms with Gasteiger partial charge in [-0.2, -0.15) is 0 Å². The molecule has 0 aromatic heterocycles. The van der Waals surface area contributed by atoms with Gasteiger partial charge in [0, 0.05) is 11.4 Å². The summed E-state index contributed by atoms with van der Waals surface area (Å²) in [6.07, 6.45) is -0.157. The third-order valence-electron chi connectivity index (χ3n) is 2.58. The van der Waals surface area contributed by atoms with Gasteiger partial charge in [-0.3, -0.25) is 14.4 Å². The van der Waals surface area contributed by atoms with Crippen LogP contribution >= 0.6 is 35.0 Å². The van der Waals surface area contributed by atoms with Gasteiger partial charge in [0.1, 0.15) is 5.25 Å². The Morgan fingerprint density at radius 1 is 1.41 bits per heavy atom. The Bertz CT molecular complexity index is 680. The number of amidine groups is 1. The molecule has 1 heterocycles. The van der Waals surface area contributed by atoms with Crippen LogP contribution in [0.15, 0.2) is 23.3 Å². The van der Waals surface area contributed by atoms with Gasteiger partial charge >= 0.3 is 5.97 Å². The van der Waals surface area contributed by atoms with E-state index in [9.17, 15) is 14.4 Å². The summed E-state index contributed by atoms with van der Waals surface area (Å²) in [5, 5.41) is 14.6. The van der Waals surface area contributed by atoms with Crippen molar-refractivity contribution < 1.29 is 19.5 Å². The number of carboxylic acids is 1. The normalized spacial score (nSPS) is 19.6. The van der Waals surface area contributed by atoms with Gasteiger partial charge < -0.3 is 10.4 Å². The van der Waals surface area contributed by atoms with Crippen LogP contribution in [0.25, 0.3) is 0 Å². The van der Waals surface area contributed by atoms with Crippen LogP contribution in [0.4, 0.5) is 0 Å².